The molecule has 0 saturated heterocycles. The molecule has 0 aliphatic rings. The molecule has 13 N–H and O–H groups in total. The van der Waals surface area contributed by atoms with E-state index in [1.807, 2.05) is 0 Å². The molecule has 19 nitrogen and oxygen atoms in total. The summed E-state index contributed by atoms with van der Waals surface area (Å²) in [6, 6.07) is -8.25. The van der Waals surface area contributed by atoms with E-state index in [4.69, 9.17) is 17.2 Å². The predicted molar refractivity (Wildman–Crippen MR) is 183 cm³/mol. The minimum atomic E-state index is -1.69. The Morgan fingerprint density at radius 2 is 1.00 bits per heavy atom. The van der Waals surface area contributed by atoms with E-state index in [-0.39, 0.29) is 50.4 Å². The van der Waals surface area contributed by atoms with Crippen molar-refractivity contribution in [1.82, 2.24) is 26.6 Å². The van der Waals surface area contributed by atoms with E-state index >= 15 is 0 Å². The Balaban J connectivity index is 6.22. The largest absolute Gasteiger partial charge is 0.481 e. The van der Waals surface area contributed by atoms with Gasteiger partial charge in [-0.3, -0.25) is 38.4 Å². The molecule has 19 heteroatoms. The summed E-state index contributed by atoms with van der Waals surface area (Å²) in [5, 5.41) is 31.1. The van der Waals surface area contributed by atoms with Crippen LogP contribution < -0.4 is 43.8 Å². The quantitative estimate of drug-likeness (QED) is 0.0486. The molecule has 0 aromatic heterocycles. The maximum Gasteiger partial charge on any atom is 0.326 e. The van der Waals surface area contributed by atoms with Crippen LogP contribution in [0, 0.1) is 17.8 Å². The number of carbonyl (C=O) groups excluding carboxylic acids is 7. The van der Waals surface area contributed by atoms with Crippen molar-refractivity contribution in [3.05, 3.63) is 0 Å². The van der Waals surface area contributed by atoms with Gasteiger partial charge in [0.1, 0.15) is 30.2 Å². The summed E-state index contributed by atoms with van der Waals surface area (Å²) >= 11 is 0. The smallest absolute Gasteiger partial charge is 0.326 e. The molecule has 7 amide bonds. The number of hydrogen-bond donors (Lipinski definition) is 10. The van der Waals surface area contributed by atoms with Gasteiger partial charge in [-0.15, -0.1) is 0 Å². The fraction of sp³-hybridized carbons (Fsp3) is 0.719. The van der Waals surface area contributed by atoms with Crippen LogP contribution in [0.2, 0.25) is 0 Å². The van der Waals surface area contributed by atoms with Crippen molar-refractivity contribution in [3.63, 3.8) is 0 Å². The number of carboxylic acids is 2. The third-order valence-corrected chi connectivity index (χ3v) is 7.82. The standard InChI is InChI=1S/C32H56N8O11/c1-7-17(6)26(31(49)38-21(14-25(43)44)29(47)39-22(32(50)51)13-16(4)5)40-30(48)20(12-15(2)3)37-28(46)19(9-11-24(35)42)36-27(45)18(33)8-10-23(34)41/h15-22,26H,7-14,33H2,1-6H3,(H2,34,41)(H2,35,42)(H,36,45)(H,37,46)(H,38,49)(H,39,47)(H,40,48)(H,43,44)(H,50,51)/t17-,18-,19-,20-,21-,22-,26-/m0/s1. The van der Waals surface area contributed by atoms with Gasteiger partial charge in [-0.2, -0.15) is 0 Å². The van der Waals surface area contributed by atoms with Gasteiger partial charge in [0.15, 0.2) is 0 Å². The highest BCUT2D eigenvalue weighted by molar-refractivity contribution is 5.97. The monoisotopic (exact) mass is 728 g/mol. The highest BCUT2D eigenvalue weighted by Gasteiger charge is 2.35. The summed E-state index contributed by atoms with van der Waals surface area (Å²) < 4.78 is 0. The van der Waals surface area contributed by atoms with Gasteiger partial charge in [-0.1, -0.05) is 48.0 Å². The molecule has 0 saturated carbocycles. The lowest BCUT2D eigenvalue weighted by atomic mass is 9.96. The molecule has 7 atom stereocenters. The van der Waals surface area contributed by atoms with E-state index in [1.54, 1.807) is 41.5 Å². The van der Waals surface area contributed by atoms with Crippen molar-refractivity contribution in [3.8, 4) is 0 Å². The van der Waals surface area contributed by atoms with Gasteiger partial charge in [0.25, 0.3) is 0 Å². The van der Waals surface area contributed by atoms with Gasteiger partial charge in [0.05, 0.1) is 12.5 Å². The average molecular weight is 729 g/mol. The number of rotatable bonds is 25. The minimum Gasteiger partial charge on any atom is -0.481 e. The molecular formula is C32H56N8O11. The molecule has 0 fully saturated rings. The summed E-state index contributed by atoms with van der Waals surface area (Å²) in [7, 11) is 0. The molecule has 0 unspecified atom stereocenters. The Kier molecular flexibility index (Phi) is 20.7. The zero-order chi connectivity index (χ0) is 39.6. The van der Waals surface area contributed by atoms with Crippen LogP contribution in [0.25, 0.3) is 0 Å². The second kappa shape index (κ2) is 22.8. The summed E-state index contributed by atoms with van der Waals surface area (Å²) in [4.78, 5) is 112. The zero-order valence-electron chi connectivity index (χ0n) is 30.2. The van der Waals surface area contributed by atoms with Crippen LogP contribution in [0.15, 0.2) is 0 Å². The number of amides is 7. The Morgan fingerprint density at radius 1 is 0.569 bits per heavy atom. The summed E-state index contributed by atoms with van der Waals surface area (Å²) in [5.74, 6) is -9.65. The Labute approximate surface area is 297 Å². The highest BCUT2D eigenvalue weighted by Crippen LogP contribution is 2.13. The molecule has 0 aliphatic carbocycles. The van der Waals surface area contributed by atoms with E-state index in [0.29, 0.717) is 6.42 Å². The van der Waals surface area contributed by atoms with Crippen LogP contribution in [0.1, 0.15) is 92.9 Å². The van der Waals surface area contributed by atoms with Crippen molar-refractivity contribution < 1.29 is 53.4 Å². The summed E-state index contributed by atoms with van der Waals surface area (Å²) in [6.07, 6.45) is -1.34. The first-order chi connectivity index (χ1) is 23.6. The van der Waals surface area contributed by atoms with Crippen molar-refractivity contribution >= 4 is 53.3 Å². The van der Waals surface area contributed by atoms with Gasteiger partial charge < -0.3 is 54.0 Å². The van der Waals surface area contributed by atoms with Gasteiger partial charge >= 0.3 is 11.9 Å². The van der Waals surface area contributed by atoms with E-state index in [2.05, 4.69) is 26.6 Å². The number of hydrogen-bond acceptors (Lipinski definition) is 10. The van der Waals surface area contributed by atoms with Crippen molar-refractivity contribution in [2.24, 2.45) is 35.0 Å². The van der Waals surface area contributed by atoms with E-state index in [9.17, 15) is 53.4 Å². The lowest BCUT2D eigenvalue weighted by molar-refractivity contribution is -0.144. The SMILES string of the molecule is CC[C@H](C)[C@H](NC(=O)[C@H](CC(C)C)NC(=O)[C@H](CCC(N)=O)NC(=O)[C@@H](N)CCC(N)=O)C(=O)N[C@@H](CC(=O)O)C(=O)N[C@@H](CC(C)C)C(=O)O. The number of aliphatic carboxylic acids is 2. The van der Waals surface area contributed by atoms with Crippen LogP contribution in [-0.4, -0.2) is 99.8 Å². The van der Waals surface area contributed by atoms with Crippen molar-refractivity contribution in [1.29, 1.82) is 0 Å². The molecule has 0 radical (unpaired) electrons. The second-order valence-corrected chi connectivity index (χ2v) is 13.4. The summed E-state index contributed by atoms with van der Waals surface area (Å²) in [5.41, 5.74) is 16.2. The Morgan fingerprint density at radius 3 is 1.47 bits per heavy atom. The molecule has 0 aromatic rings. The maximum absolute atomic E-state index is 13.7. The number of carbonyl (C=O) groups is 9. The number of primary amides is 2. The lowest BCUT2D eigenvalue weighted by Gasteiger charge is -2.29. The van der Waals surface area contributed by atoms with Crippen molar-refractivity contribution in [2.75, 3.05) is 0 Å². The number of carboxylic acid groups (broad SMARTS) is 2. The fourth-order valence-corrected chi connectivity index (χ4v) is 4.80. The number of nitrogens with two attached hydrogens (primary N) is 3. The highest BCUT2D eigenvalue weighted by atomic mass is 16.4. The molecule has 0 bridgehead atoms. The molecular weight excluding hydrogens is 672 g/mol. The minimum absolute atomic E-state index is 0.0402. The third-order valence-electron chi connectivity index (χ3n) is 7.82. The average Bonchev–Trinajstić information content (AvgIpc) is 3.01. The van der Waals surface area contributed by atoms with Crippen LogP contribution >= 0.6 is 0 Å². The normalized spacial score (nSPS) is 15.2. The van der Waals surface area contributed by atoms with Crippen LogP contribution in [0.5, 0.6) is 0 Å². The van der Waals surface area contributed by atoms with E-state index < -0.39 is 102 Å². The third kappa shape index (κ3) is 18.7. The second-order valence-electron chi connectivity index (χ2n) is 13.4. The Hall–Kier alpha value is -4.81. The molecule has 0 spiro atoms. The molecule has 0 heterocycles. The fourth-order valence-electron chi connectivity index (χ4n) is 4.80. The molecule has 0 aromatic carbocycles. The molecule has 290 valence electrons. The summed E-state index contributed by atoms with van der Waals surface area (Å²) in [6.45, 7) is 10.3. The van der Waals surface area contributed by atoms with Gasteiger partial charge in [0, 0.05) is 12.8 Å². The van der Waals surface area contributed by atoms with Gasteiger partial charge in [0.2, 0.25) is 41.4 Å². The van der Waals surface area contributed by atoms with Crippen LogP contribution in [0.3, 0.4) is 0 Å². The zero-order valence-corrected chi connectivity index (χ0v) is 30.2. The maximum atomic E-state index is 13.7. The van der Waals surface area contributed by atoms with Crippen LogP contribution in [-0.2, 0) is 43.2 Å². The first-order valence-electron chi connectivity index (χ1n) is 16.9. The van der Waals surface area contributed by atoms with Crippen LogP contribution in [0.4, 0.5) is 0 Å². The van der Waals surface area contributed by atoms with E-state index in [0.717, 1.165) is 0 Å². The van der Waals surface area contributed by atoms with E-state index in [1.165, 1.54) is 0 Å². The van der Waals surface area contributed by atoms with Gasteiger partial charge in [-0.05, 0) is 43.4 Å². The first-order valence-corrected chi connectivity index (χ1v) is 16.9. The molecule has 0 aliphatic heterocycles. The first kappa shape index (κ1) is 46.2. The Bertz CT molecular complexity index is 1260. The van der Waals surface area contributed by atoms with Gasteiger partial charge in [-0.25, -0.2) is 4.79 Å². The topological polar surface area (TPSA) is 332 Å². The predicted octanol–water partition coefficient (Wildman–Crippen LogP) is -2.03. The molecule has 51 heavy (non-hydrogen) atoms. The lowest BCUT2D eigenvalue weighted by Crippen LogP contribution is -2.60. The molecule has 0 rings (SSSR count). The number of nitrogens with one attached hydrogen (secondary N) is 5. The van der Waals surface area contributed by atoms with Crippen molar-refractivity contribution in [2.45, 2.75) is 129 Å².